The Morgan fingerprint density at radius 1 is 1.24 bits per heavy atom. The zero-order valence-corrected chi connectivity index (χ0v) is 17.2. The van der Waals surface area contributed by atoms with Crippen molar-refractivity contribution in [3.05, 3.63) is 63.5 Å². The molecule has 3 heterocycles. The molecule has 1 aromatic carbocycles. The first-order valence-corrected chi connectivity index (χ1v) is 10.4. The number of nitrogens with one attached hydrogen (secondary N) is 1. The highest BCUT2D eigenvalue weighted by Gasteiger charge is 2.15. The van der Waals surface area contributed by atoms with Crippen LogP contribution >= 0.6 is 11.3 Å². The van der Waals surface area contributed by atoms with Crippen LogP contribution in [0.15, 0.2) is 46.6 Å². The molecule has 0 saturated heterocycles. The molecular formula is C21H22N4O3S. The molecule has 0 aliphatic heterocycles. The molecule has 7 nitrogen and oxygen atoms in total. The van der Waals surface area contributed by atoms with E-state index in [9.17, 15) is 9.59 Å². The van der Waals surface area contributed by atoms with Gasteiger partial charge in [0.15, 0.2) is 0 Å². The number of nitrogens with zero attached hydrogens (tertiary/aromatic N) is 3. The van der Waals surface area contributed by atoms with Crippen molar-refractivity contribution in [1.29, 1.82) is 0 Å². The Kier molecular flexibility index (Phi) is 5.35. The first-order valence-electron chi connectivity index (χ1n) is 9.49. The fourth-order valence-corrected chi connectivity index (χ4v) is 4.28. The van der Waals surface area contributed by atoms with Crippen molar-refractivity contribution >= 4 is 33.0 Å². The van der Waals surface area contributed by atoms with E-state index < -0.39 is 0 Å². The fourth-order valence-electron chi connectivity index (χ4n) is 3.37. The third-order valence-electron chi connectivity index (χ3n) is 4.86. The predicted molar refractivity (Wildman–Crippen MR) is 114 cm³/mol. The van der Waals surface area contributed by atoms with Gasteiger partial charge in [-0.05, 0) is 41.6 Å². The van der Waals surface area contributed by atoms with Gasteiger partial charge in [0.2, 0.25) is 5.91 Å². The zero-order chi connectivity index (χ0) is 20.4. The van der Waals surface area contributed by atoms with Gasteiger partial charge in [-0.3, -0.25) is 14.0 Å². The van der Waals surface area contributed by atoms with Crippen molar-refractivity contribution in [1.82, 2.24) is 19.5 Å². The van der Waals surface area contributed by atoms with Gasteiger partial charge in [0.25, 0.3) is 5.56 Å². The van der Waals surface area contributed by atoms with E-state index in [-0.39, 0.29) is 18.0 Å². The number of aryl methyl sites for hydroxylation is 1. The van der Waals surface area contributed by atoms with E-state index in [0.717, 1.165) is 27.4 Å². The largest absolute Gasteiger partial charge is 0.497 e. The van der Waals surface area contributed by atoms with Crippen LogP contribution in [0, 0.1) is 0 Å². The summed E-state index contributed by atoms with van der Waals surface area (Å²) in [6.07, 6.45) is 1.36. The maximum Gasteiger partial charge on any atom is 0.291 e. The summed E-state index contributed by atoms with van der Waals surface area (Å²) in [5.74, 6) is 1.34. The second-order valence-corrected chi connectivity index (χ2v) is 7.62. The molecule has 29 heavy (non-hydrogen) atoms. The molecular weight excluding hydrogens is 388 g/mol. The second-order valence-electron chi connectivity index (χ2n) is 6.73. The third-order valence-corrected chi connectivity index (χ3v) is 5.78. The fraction of sp³-hybridized carbons (Fsp3) is 0.286. The van der Waals surface area contributed by atoms with Crippen LogP contribution in [0.4, 0.5) is 0 Å². The smallest absolute Gasteiger partial charge is 0.291 e. The van der Waals surface area contributed by atoms with E-state index in [2.05, 4.69) is 10.4 Å². The molecule has 4 aromatic rings. The summed E-state index contributed by atoms with van der Waals surface area (Å²) in [5, 5.41) is 10.3. The van der Waals surface area contributed by atoms with Gasteiger partial charge < -0.3 is 10.1 Å². The van der Waals surface area contributed by atoms with Gasteiger partial charge in [0.05, 0.1) is 7.11 Å². The Hall–Kier alpha value is -3.13. The van der Waals surface area contributed by atoms with Crippen LogP contribution in [0.3, 0.4) is 0 Å². The average Bonchev–Trinajstić information content (AvgIpc) is 3.32. The van der Waals surface area contributed by atoms with Crippen LogP contribution < -0.4 is 15.6 Å². The first-order chi connectivity index (χ1) is 14.1. The molecule has 0 aliphatic carbocycles. The Morgan fingerprint density at radius 2 is 2.03 bits per heavy atom. The predicted octanol–water partition coefficient (Wildman–Crippen LogP) is 2.64. The van der Waals surface area contributed by atoms with E-state index in [1.165, 1.54) is 4.68 Å². The second kappa shape index (κ2) is 8.08. The van der Waals surface area contributed by atoms with Gasteiger partial charge in [-0.15, -0.1) is 11.3 Å². The monoisotopic (exact) mass is 410 g/mol. The Bertz CT molecular complexity index is 1220. The van der Waals surface area contributed by atoms with Gasteiger partial charge in [0.1, 0.15) is 28.5 Å². The number of benzene rings is 1. The lowest BCUT2D eigenvalue weighted by molar-refractivity contribution is -0.121. The van der Waals surface area contributed by atoms with Crippen LogP contribution in [0.25, 0.3) is 15.7 Å². The number of thiophene rings is 1. The van der Waals surface area contributed by atoms with Gasteiger partial charge in [-0.2, -0.15) is 5.10 Å². The SMILES string of the molecule is CCc1nn(CC(=O)NCCc2ccc(OC)cc2)c(=O)c2cc3ccsc3n12. The van der Waals surface area contributed by atoms with E-state index >= 15 is 0 Å². The standard InChI is InChI=1S/C21H22N4O3S/c1-3-18-23-24(20(27)17-12-15-9-11-29-21(15)25(17)18)13-19(26)22-10-8-14-4-6-16(28-2)7-5-14/h4-7,9,11-12H,3,8,10,13H2,1-2H3,(H,22,26). The summed E-state index contributed by atoms with van der Waals surface area (Å²) >= 11 is 1.58. The third kappa shape index (κ3) is 3.75. The highest BCUT2D eigenvalue weighted by atomic mass is 32.1. The number of carbonyl (C=O) groups excluding carboxylic acids is 1. The van der Waals surface area contributed by atoms with Crippen molar-refractivity contribution in [2.45, 2.75) is 26.3 Å². The summed E-state index contributed by atoms with van der Waals surface area (Å²) in [6.45, 7) is 2.39. The summed E-state index contributed by atoms with van der Waals surface area (Å²) in [4.78, 5) is 26.2. The Morgan fingerprint density at radius 3 is 2.76 bits per heavy atom. The molecule has 0 unspecified atom stereocenters. The van der Waals surface area contributed by atoms with Crippen molar-refractivity contribution in [2.75, 3.05) is 13.7 Å². The summed E-state index contributed by atoms with van der Waals surface area (Å²) < 4.78 is 8.31. The van der Waals surface area contributed by atoms with Crippen LogP contribution in [0.5, 0.6) is 5.75 Å². The molecule has 0 fully saturated rings. The van der Waals surface area contributed by atoms with Crippen molar-refractivity contribution in [3.8, 4) is 5.75 Å². The number of amides is 1. The van der Waals surface area contributed by atoms with Crippen molar-refractivity contribution in [2.24, 2.45) is 0 Å². The van der Waals surface area contributed by atoms with E-state index in [1.807, 2.05) is 53.1 Å². The normalized spacial score (nSPS) is 11.2. The topological polar surface area (TPSA) is 77.6 Å². The van der Waals surface area contributed by atoms with E-state index in [4.69, 9.17) is 4.74 Å². The molecule has 0 bridgehead atoms. The van der Waals surface area contributed by atoms with Crippen LogP contribution in [-0.2, 0) is 24.2 Å². The summed E-state index contributed by atoms with van der Waals surface area (Å²) in [6, 6.07) is 11.6. The number of fused-ring (bicyclic) bond motifs is 3. The number of methoxy groups -OCH3 is 1. The minimum absolute atomic E-state index is 0.0935. The molecule has 0 spiro atoms. The lowest BCUT2D eigenvalue weighted by atomic mass is 10.1. The molecule has 0 saturated carbocycles. The number of carbonyl (C=O) groups is 1. The van der Waals surface area contributed by atoms with Crippen LogP contribution in [0.2, 0.25) is 0 Å². The number of aromatic nitrogens is 3. The number of rotatable bonds is 7. The molecule has 1 N–H and O–H groups in total. The average molecular weight is 410 g/mol. The minimum Gasteiger partial charge on any atom is -0.497 e. The highest BCUT2D eigenvalue weighted by Crippen LogP contribution is 2.24. The maximum atomic E-state index is 12.8. The molecule has 1 amide bonds. The summed E-state index contributed by atoms with van der Waals surface area (Å²) in [5.41, 5.74) is 1.41. The number of hydrogen-bond acceptors (Lipinski definition) is 5. The van der Waals surface area contributed by atoms with Gasteiger partial charge in [-0.25, -0.2) is 4.68 Å². The minimum atomic E-state index is -0.254. The summed E-state index contributed by atoms with van der Waals surface area (Å²) in [7, 11) is 1.63. The van der Waals surface area contributed by atoms with Crippen molar-refractivity contribution in [3.63, 3.8) is 0 Å². The number of hydrogen-bond donors (Lipinski definition) is 1. The first kappa shape index (κ1) is 19.2. The zero-order valence-electron chi connectivity index (χ0n) is 16.3. The quantitative estimate of drug-likeness (QED) is 0.508. The molecule has 0 radical (unpaired) electrons. The molecule has 0 aliphatic rings. The lowest BCUT2D eigenvalue weighted by Gasteiger charge is -2.10. The molecule has 0 atom stereocenters. The number of ether oxygens (including phenoxy) is 1. The molecule has 8 heteroatoms. The lowest BCUT2D eigenvalue weighted by Crippen LogP contribution is -2.36. The van der Waals surface area contributed by atoms with E-state index in [1.54, 1.807) is 18.4 Å². The maximum absolute atomic E-state index is 12.8. The van der Waals surface area contributed by atoms with Gasteiger partial charge in [0, 0.05) is 18.4 Å². The van der Waals surface area contributed by atoms with Crippen molar-refractivity contribution < 1.29 is 9.53 Å². The van der Waals surface area contributed by atoms with Gasteiger partial charge >= 0.3 is 0 Å². The Labute approximate surface area is 171 Å². The van der Waals surface area contributed by atoms with E-state index in [0.29, 0.717) is 24.9 Å². The molecule has 4 rings (SSSR count). The highest BCUT2D eigenvalue weighted by molar-refractivity contribution is 7.16. The molecule has 3 aromatic heterocycles. The van der Waals surface area contributed by atoms with Crippen LogP contribution in [-0.4, -0.2) is 33.7 Å². The molecule has 150 valence electrons. The Balaban J connectivity index is 1.47. The van der Waals surface area contributed by atoms with Crippen LogP contribution in [0.1, 0.15) is 18.3 Å². The van der Waals surface area contributed by atoms with Gasteiger partial charge in [-0.1, -0.05) is 19.1 Å².